The Morgan fingerprint density at radius 3 is 2.77 bits per heavy atom. The summed E-state index contributed by atoms with van der Waals surface area (Å²) in [5.41, 5.74) is 3.65. The molecule has 0 bridgehead atoms. The highest BCUT2D eigenvalue weighted by Gasteiger charge is 2.29. The molecule has 0 radical (unpaired) electrons. The van der Waals surface area contributed by atoms with Crippen molar-refractivity contribution in [1.29, 1.82) is 0 Å². The Balaban J connectivity index is 1.76. The SMILES string of the molecule is CN1CCC(c2nn(-c3ccccc3Cl)c3c2CCN3)CC1. The molecule has 2 aliphatic rings. The fraction of sp³-hybridized carbons (Fsp3) is 0.471. The standard InChI is InChI=1S/C17H21ClN4/c1-21-10-7-12(8-11-21)16-13-6-9-19-17(13)22(20-16)15-5-3-2-4-14(15)18/h2-5,12,19H,6-11H2,1H3. The molecule has 0 unspecified atom stereocenters. The second-order valence-corrected chi connectivity index (χ2v) is 6.74. The Bertz CT molecular complexity index is 686. The van der Waals surface area contributed by atoms with Crippen molar-refractivity contribution in [2.24, 2.45) is 0 Å². The van der Waals surface area contributed by atoms with E-state index in [1.54, 1.807) is 0 Å². The summed E-state index contributed by atoms with van der Waals surface area (Å²) < 4.78 is 2.01. The zero-order chi connectivity index (χ0) is 15.1. The number of halogens is 1. The topological polar surface area (TPSA) is 33.1 Å². The Labute approximate surface area is 136 Å². The van der Waals surface area contributed by atoms with Crippen LogP contribution in [-0.4, -0.2) is 41.4 Å². The van der Waals surface area contributed by atoms with Crippen LogP contribution in [0.5, 0.6) is 0 Å². The first-order valence-electron chi connectivity index (χ1n) is 8.03. The molecule has 1 aromatic carbocycles. The van der Waals surface area contributed by atoms with Crippen LogP contribution in [0.15, 0.2) is 24.3 Å². The highest BCUT2D eigenvalue weighted by atomic mass is 35.5. The van der Waals surface area contributed by atoms with Crippen LogP contribution in [0.3, 0.4) is 0 Å². The van der Waals surface area contributed by atoms with Crippen LogP contribution in [0.4, 0.5) is 5.82 Å². The summed E-state index contributed by atoms with van der Waals surface area (Å²) in [5.74, 6) is 1.72. The molecule has 1 fully saturated rings. The Hall–Kier alpha value is -1.52. The molecule has 0 amide bonds. The molecule has 1 N–H and O–H groups in total. The highest BCUT2D eigenvalue weighted by Crippen LogP contribution is 2.37. The summed E-state index contributed by atoms with van der Waals surface area (Å²) in [5, 5.41) is 9.20. The first kappa shape index (κ1) is 14.1. The van der Waals surface area contributed by atoms with Crippen molar-refractivity contribution in [3.63, 3.8) is 0 Å². The first-order chi connectivity index (χ1) is 10.7. The van der Waals surface area contributed by atoms with Gasteiger partial charge < -0.3 is 10.2 Å². The molecule has 4 rings (SSSR count). The normalized spacial score (nSPS) is 19.2. The number of rotatable bonds is 2. The predicted octanol–water partition coefficient (Wildman–Crippen LogP) is 3.30. The zero-order valence-corrected chi connectivity index (χ0v) is 13.6. The van der Waals surface area contributed by atoms with E-state index in [0.29, 0.717) is 5.92 Å². The number of likely N-dealkylation sites (tertiary alicyclic amines) is 1. The van der Waals surface area contributed by atoms with E-state index in [1.807, 2.05) is 28.9 Å². The van der Waals surface area contributed by atoms with Crippen LogP contribution in [0, 0.1) is 0 Å². The second-order valence-electron chi connectivity index (χ2n) is 6.33. The largest absolute Gasteiger partial charge is 0.369 e. The Morgan fingerprint density at radius 2 is 2.00 bits per heavy atom. The molecule has 0 atom stereocenters. The summed E-state index contributed by atoms with van der Waals surface area (Å²) in [7, 11) is 2.20. The van der Waals surface area contributed by atoms with Gasteiger partial charge in [0.2, 0.25) is 0 Å². The van der Waals surface area contributed by atoms with Gasteiger partial charge in [-0.25, -0.2) is 4.68 Å². The molecule has 116 valence electrons. The number of fused-ring (bicyclic) bond motifs is 1. The minimum absolute atomic E-state index is 0.577. The second kappa shape index (κ2) is 5.60. The number of hydrogen-bond donors (Lipinski definition) is 1. The average Bonchev–Trinajstić information content (AvgIpc) is 3.11. The van der Waals surface area contributed by atoms with E-state index in [9.17, 15) is 0 Å². The van der Waals surface area contributed by atoms with Gasteiger partial charge in [0.05, 0.1) is 16.4 Å². The molecule has 2 aliphatic heterocycles. The number of hydrogen-bond acceptors (Lipinski definition) is 3. The molecule has 2 aromatic rings. The van der Waals surface area contributed by atoms with Gasteiger partial charge in [0.25, 0.3) is 0 Å². The molecule has 5 heteroatoms. The summed E-state index contributed by atoms with van der Waals surface area (Å²) in [4.78, 5) is 2.40. The fourth-order valence-corrected chi connectivity index (χ4v) is 3.82. The molecule has 0 saturated carbocycles. The van der Waals surface area contributed by atoms with Gasteiger partial charge in [-0.15, -0.1) is 0 Å². The van der Waals surface area contributed by atoms with Crippen molar-refractivity contribution < 1.29 is 0 Å². The minimum atomic E-state index is 0.577. The quantitative estimate of drug-likeness (QED) is 0.923. The fourth-order valence-electron chi connectivity index (χ4n) is 3.61. The lowest BCUT2D eigenvalue weighted by molar-refractivity contribution is 0.252. The number of aromatic nitrogens is 2. The molecular formula is C17H21ClN4. The average molecular weight is 317 g/mol. The smallest absolute Gasteiger partial charge is 0.133 e. The van der Waals surface area contributed by atoms with E-state index in [2.05, 4.69) is 17.3 Å². The van der Waals surface area contributed by atoms with E-state index in [4.69, 9.17) is 16.7 Å². The van der Waals surface area contributed by atoms with Crippen molar-refractivity contribution in [3.05, 3.63) is 40.5 Å². The number of para-hydroxylation sites is 1. The number of nitrogens with one attached hydrogen (secondary N) is 1. The molecule has 22 heavy (non-hydrogen) atoms. The van der Waals surface area contributed by atoms with E-state index in [1.165, 1.54) is 24.1 Å². The highest BCUT2D eigenvalue weighted by molar-refractivity contribution is 6.32. The molecule has 1 saturated heterocycles. The summed E-state index contributed by atoms with van der Waals surface area (Å²) in [6, 6.07) is 7.93. The third-order valence-electron chi connectivity index (χ3n) is 4.87. The van der Waals surface area contributed by atoms with Gasteiger partial charge in [0.1, 0.15) is 5.82 Å². The maximum atomic E-state index is 6.38. The molecule has 0 spiro atoms. The summed E-state index contributed by atoms with van der Waals surface area (Å²) >= 11 is 6.38. The summed E-state index contributed by atoms with van der Waals surface area (Å²) in [6.45, 7) is 3.31. The number of benzene rings is 1. The van der Waals surface area contributed by atoms with Crippen LogP contribution in [0.1, 0.15) is 30.0 Å². The van der Waals surface area contributed by atoms with Crippen LogP contribution in [-0.2, 0) is 6.42 Å². The summed E-state index contributed by atoms with van der Waals surface area (Å²) in [6.07, 6.45) is 3.46. The maximum Gasteiger partial charge on any atom is 0.133 e. The monoisotopic (exact) mass is 316 g/mol. The molecule has 0 aliphatic carbocycles. The predicted molar refractivity (Wildman–Crippen MR) is 90.2 cm³/mol. The van der Waals surface area contributed by atoms with E-state index in [0.717, 1.165) is 42.6 Å². The van der Waals surface area contributed by atoms with Crippen LogP contribution in [0.25, 0.3) is 5.69 Å². The Kier molecular flexibility index (Phi) is 3.59. The van der Waals surface area contributed by atoms with Crippen molar-refractivity contribution in [3.8, 4) is 5.69 Å². The molecule has 1 aromatic heterocycles. The van der Waals surface area contributed by atoms with Crippen LogP contribution < -0.4 is 5.32 Å². The van der Waals surface area contributed by atoms with Gasteiger partial charge in [-0.2, -0.15) is 5.10 Å². The van der Waals surface area contributed by atoms with Gasteiger partial charge in [-0.3, -0.25) is 0 Å². The molecule has 4 nitrogen and oxygen atoms in total. The van der Waals surface area contributed by atoms with Crippen LogP contribution in [0.2, 0.25) is 5.02 Å². The van der Waals surface area contributed by atoms with Crippen molar-refractivity contribution in [2.75, 3.05) is 32.0 Å². The van der Waals surface area contributed by atoms with Crippen molar-refractivity contribution >= 4 is 17.4 Å². The third-order valence-corrected chi connectivity index (χ3v) is 5.19. The van der Waals surface area contributed by atoms with Gasteiger partial charge in [0.15, 0.2) is 0 Å². The number of piperidine rings is 1. The van der Waals surface area contributed by atoms with Gasteiger partial charge in [-0.1, -0.05) is 23.7 Å². The van der Waals surface area contributed by atoms with Gasteiger partial charge in [-0.05, 0) is 51.5 Å². The lowest BCUT2D eigenvalue weighted by atomic mass is 9.91. The van der Waals surface area contributed by atoms with Crippen molar-refractivity contribution in [1.82, 2.24) is 14.7 Å². The van der Waals surface area contributed by atoms with E-state index >= 15 is 0 Å². The zero-order valence-electron chi connectivity index (χ0n) is 12.8. The Morgan fingerprint density at radius 1 is 1.23 bits per heavy atom. The van der Waals surface area contributed by atoms with E-state index in [-0.39, 0.29) is 0 Å². The number of nitrogens with zero attached hydrogens (tertiary/aromatic N) is 3. The minimum Gasteiger partial charge on any atom is -0.369 e. The maximum absolute atomic E-state index is 6.38. The molecule has 3 heterocycles. The first-order valence-corrected chi connectivity index (χ1v) is 8.41. The van der Waals surface area contributed by atoms with Crippen LogP contribution >= 0.6 is 11.6 Å². The lowest BCUT2D eigenvalue weighted by Crippen LogP contribution is -2.29. The van der Waals surface area contributed by atoms with Gasteiger partial charge >= 0.3 is 0 Å². The third kappa shape index (κ3) is 2.31. The van der Waals surface area contributed by atoms with Crippen molar-refractivity contribution in [2.45, 2.75) is 25.2 Å². The molecular weight excluding hydrogens is 296 g/mol. The number of anilines is 1. The lowest BCUT2D eigenvalue weighted by Gasteiger charge is -2.28. The van der Waals surface area contributed by atoms with Gasteiger partial charge in [0, 0.05) is 18.0 Å². The van der Waals surface area contributed by atoms with E-state index < -0.39 is 0 Å².